The van der Waals surface area contributed by atoms with Gasteiger partial charge in [-0.15, -0.1) is 0 Å². The largest absolute Gasteiger partial charge is 0.354 e. The van der Waals surface area contributed by atoms with E-state index in [-0.39, 0.29) is 0 Å². The third kappa shape index (κ3) is 2.92. The summed E-state index contributed by atoms with van der Waals surface area (Å²) in [6.45, 7) is 7.91. The summed E-state index contributed by atoms with van der Waals surface area (Å²) < 4.78 is 0. The predicted molar refractivity (Wildman–Crippen MR) is 65.3 cm³/mol. The highest BCUT2D eigenvalue weighted by atomic mass is 15.2. The van der Waals surface area contributed by atoms with E-state index in [2.05, 4.69) is 34.0 Å². The van der Waals surface area contributed by atoms with E-state index >= 15 is 0 Å². The monoisotopic (exact) mass is 220 g/mol. The van der Waals surface area contributed by atoms with Crippen molar-refractivity contribution < 1.29 is 0 Å². The van der Waals surface area contributed by atoms with Gasteiger partial charge in [0, 0.05) is 31.5 Å². The van der Waals surface area contributed by atoms with Gasteiger partial charge in [-0.2, -0.15) is 0 Å². The summed E-state index contributed by atoms with van der Waals surface area (Å²) in [6, 6.07) is 2.50. The zero-order valence-corrected chi connectivity index (χ0v) is 10.1. The van der Waals surface area contributed by atoms with Crippen molar-refractivity contribution in [3.05, 3.63) is 18.5 Å². The number of rotatable bonds is 4. The fourth-order valence-electron chi connectivity index (χ4n) is 2.12. The Kier molecular flexibility index (Phi) is 3.72. The van der Waals surface area contributed by atoms with Crippen LogP contribution in [-0.2, 0) is 0 Å². The van der Waals surface area contributed by atoms with Crippen molar-refractivity contribution >= 4 is 5.95 Å². The summed E-state index contributed by atoms with van der Waals surface area (Å²) in [5, 5.41) is 3.30. The predicted octanol–water partition coefficient (Wildman–Crippen LogP) is 1.62. The maximum absolute atomic E-state index is 4.16. The zero-order valence-electron chi connectivity index (χ0n) is 10.1. The van der Waals surface area contributed by atoms with Crippen LogP contribution < -0.4 is 5.32 Å². The molecule has 16 heavy (non-hydrogen) atoms. The molecule has 1 aliphatic heterocycles. The highest BCUT2D eigenvalue weighted by Gasteiger charge is 2.23. The number of anilines is 1. The lowest BCUT2D eigenvalue weighted by Gasteiger charge is -2.20. The molecule has 4 nitrogen and oxygen atoms in total. The molecule has 1 saturated heterocycles. The molecule has 2 heterocycles. The van der Waals surface area contributed by atoms with Crippen molar-refractivity contribution in [1.29, 1.82) is 0 Å². The Morgan fingerprint density at radius 3 is 2.81 bits per heavy atom. The molecular weight excluding hydrogens is 200 g/mol. The van der Waals surface area contributed by atoms with Gasteiger partial charge in [-0.1, -0.05) is 0 Å². The molecule has 0 bridgehead atoms. The van der Waals surface area contributed by atoms with Crippen molar-refractivity contribution in [1.82, 2.24) is 14.9 Å². The average Bonchev–Trinajstić information content (AvgIpc) is 2.76. The summed E-state index contributed by atoms with van der Waals surface area (Å²) in [4.78, 5) is 10.8. The lowest BCUT2D eigenvalue weighted by Crippen LogP contribution is -2.29. The smallest absolute Gasteiger partial charge is 0.222 e. The van der Waals surface area contributed by atoms with E-state index in [4.69, 9.17) is 0 Å². The molecule has 1 unspecified atom stereocenters. The van der Waals surface area contributed by atoms with E-state index in [1.54, 1.807) is 12.4 Å². The zero-order chi connectivity index (χ0) is 11.4. The van der Waals surface area contributed by atoms with Crippen LogP contribution in [0.25, 0.3) is 0 Å². The first-order chi connectivity index (χ1) is 7.75. The third-order valence-corrected chi connectivity index (χ3v) is 3.16. The molecule has 1 fully saturated rings. The highest BCUT2D eigenvalue weighted by molar-refractivity contribution is 5.22. The molecule has 0 spiro atoms. The standard InChI is InChI=1S/C12H20N4/c1-10(2)16-7-4-11(9-16)8-15-12-13-5-3-6-14-12/h3,5-6,10-11H,4,7-9H2,1-2H3,(H,13,14,15). The van der Waals surface area contributed by atoms with E-state index in [0.717, 1.165) is 18.4 Å². The summed E-state index contributed by atoms with van der Waals surface area (Å²) >= 11 is 0. The Balaban J connectivity index is 1.76. The molecule has 0 radical (unpaired) electrons. The Morgan fingerprint density at radius 2 is 2.19 bits per heavy atom. The number of hydrogen-bond acceptors (Lipinski definition) is 4. The van der Waals surface area contributed by atoms with Crippen LogP contribution >= 0.6 is 0 Å². The first-order valence-corrected chi connectivity index (χ1v) is 6.00. The quantitative estimate of drug-likeness (QED) is 0.837. The molecule has 1 atom stereocenters. The molecule has 88 valence electrons. The summed E-state index contributed by atoms with van der Waals surface area (Å²) in [5.41, 5.74) is 0. The molecule has 0 amide bonds. The minimum Gasteiger partial charge on any atom is -0.354 e. The molecule has 2 rings (SSSR count). The Bertz CT molecular complexity index is 312. The fraction of sp³-hybridized carbons (Fsp3) is 0.667. The van der Waals surface area contributed by atoms with Crippen LogP contribution in [0.2, 0.25) is 0 Å². The van der Waals surface area contributed by atoms with Gasteiger partial charge in [0.25, 0.3) is 0 Å². The minimum absolute atomic E-state index is 0.665. The van der Waals surface area contributed by atoms with Crippen molar-refractivity contribution in [2.75, 3.05) is 25.0 Å². The fourth-order valence-corrected chi connectivity index (χ4v) is 2.12. The van der Waals surface area contributed by atoms with Crippen LogP contribution in [0.3, 0.4) is 0 Å². The summed E-state index contributed by atoms with van der Waals surface area (Å²) in [6.07, 6.45) is 4.81. The molecule has 1 N–H and O–H groups in total. The molecule has 4 heteroatoms. The molecule has 0 aliphatic carbocycles. The van der Waals surface area contributed by atoms with Crippen LogP contribution in [0.5, 0.6) is 0 Å². The van der Waals surface area contributed by atoms with E-state index in [9.17, 15) is 0 Å². The molecule has 1 aromatic heterocycles. The Morgan fingerprint density at radius 1 is 1.44 bits per heavy atom. The van der Waals surface area contributed by atoms with Gasteiger partial charge in [-0.25, -0.2) is 9.97 Å². The van der Waals surface area contributed by atoms with Gasteiger partial charge in [0.05, 0.1) is 0 Å². The Labute approximate surface area is 97.1 Å². The van der Waals surface area contributed by atoms with E-state index in [1.165, 1.54) is 19.5 Å². The number of nitrogens with one attached hydrogen (secondary N) is 1. The summed E-state index contributed by atoms with van der Waals surface area (Å²) in [5.74, 6) is 1.47. The van der Waals surface area contributed by atoms with Crippen molar-refractivity contribution in [3.8, 4) is 0 Å². The number of likely N-dealkylation sites (tertiary alicyclic amines) is 1. The lowest BCUT2D eigenvalue weighted by atomic mass is 10.1. The van der Waals surface area contributed by atoms with Crippen LogP contribution in [0.1, 0.15) is 20.3 Å². The van der Waals surface area contributed by atoms with Gasteiger partial charge in [0.1, 0.15) is 0 Å². The van der Waals surface area contributed by atoms with Crippen LogP contribution in [0.4, 0.5) is 5.95 Å². The molecular formula is C12H20N4. The molecule has 0 saturated carbocycles. The number of aromatic nitrogens is 2. The highest BCUT2D eigenvalue weighted by Crippen LogP contribution is 2.18. The molecule has 1 aromatic rings. The van der Waals surface area contributed by atoms with E-state index in [0.29, 0.717) is 6.04 Å². The van der Waals surface area contributed by atoms with Gasteiger partial charge in [-0.05, 0) is 38.8 Å². The normalized spacial score (nSPS) is 21.6. The molecule has 1 aliphatic rings. The van der Waals surface area contributed by atoms with Crippen LogP contribution in [0.15, 0.2) is 18.5 Å². The van der Waals surface area contributed by atoms with Crippen molar-refractivity contribution in [2.24, 2.45) is 5.92 Å². The third-order valence-electron chi connectivity index (χ3n) is 3.16. The van der Waals surface area contributed by atoms with Gasteiger partial charge in [-0.3, -0.25) is 0 Å². The SMILES string of the molecule is CC(C)N1CCC(CNc2ncccn2)C1. The van der Waals surface area contributed by atoms with Crippen LogP contribution in [-0.4, -0.2) is 40.5 Å². The summed E-state index contributed by atoms with van der Waals surface area (Å²) in [7, 11) is 0. The maximum atomic E-state index is 4.16. The Hall–Kier alpha value is -1.16. The lowest BCUT2D eigenvalue weighted by molar-refractivity contribution is 0.266. The minimum atomic E-state index is 0.665. The maximum Gasteiger partial charge on any atom is 0.222 e. The average molecular weight is 220 g/mol. The van der Waals surface area contributed by atoms with E-state index < -0.39 is 0 Å². The second kappa shape index (κ2) is 5.25. The van der Waals surface area contributed by atoms with E-state index in [1.807, 2.05) is 6.07 Å². The van der Waals surface area contributed by atoms with Crippen molar-refractivity contribution in [3.63, 3.8) is 0 Å². The van der Waals surface area contributed by atoms with Crippen molar-refractivity contribution in [2.45, 2.75) is 26.3 Å². The van der Waals surface area contributed by atoms with Crippen LogP contribution in [0, 0.1) is 5.92 Å². The van der Waals surface area contributed by atoms with Gasteiger partial charge in [0.15, 0.2) is 0 Å². The second-order valence-electron chi connectivity index (χ2n) is 4.70. The van der Waals surface area contributed by atoms with Gasteiger partial charge >= 0.3 is 0 Å². The number of hydrogen-bond donors (Lipinski definition) is 1. The van der Waals surface area contributed by atoms with Gasteiger partial charge in [0.2, 0.25) is 5.95 Å². The first-order valence-electron chi connectivity index (χ1n) is 6.00. The second-order valence-corrected chi connectivity index (χ2v) is 4.70. The topological polar surface area (TPSA) is 41.0 Å². The number of nitrogens with zero attached hydrogens (tertiary/aromatic N) is 3. The molecule has 0 aromatic carbocycles. The first kappa shape index (κ1) is 11.3. The van der Waals surface area contributed by atoms with Gasteiger partial charge < -0.3 is 10.2 Å².